The summed E-state index contributed by atoms with van der Waals surface area (Å²) in [5, 5.41) is 7.99. The van der Waals surface area contributed by atoms with Crippen LogP contribution in [-0.4, -0.2) is 33.8 Å². The van der Waals surface area contributed by atoms with E-state index in [4.69, 9.17) is 9.72 Å². The number of nitrogens with one attached hydrogen (secondary N) is 1. The van der Waals surface area contributed by atoms with Crippen LogP contribution in [0, 0.1) is 13.8 Å². The quantitative estimate of drug-likeness (QED) is 0.486. The van der Waals surface area contributed by atoms with Gasteiger partial charge in [0, 0.05) is 30.7 Å². The number of methoxy groups -OCH3 is 1. The molecule has 7 heteroatoms. The Balaban J connectivity index is 1.70. The normalized spacial score (nSPS) is 10.9. The molecule has 0 aliphatic carbocycles. The molecule has 4 rings (SSSR count). The summed E-state index contributed by atoms with van der Waals surface area (Å²) in [6.45, 7) is 4.32. The number of esters is 1. The monoisotopic (exact) mass is 428 g/mol. The first-order valence-electron chi connectivity index (χ1n) is 10.2. The number of ether oxygens (including phenoxy) is 1. The van der Waals surface area contributed by atoms with Crippen LogP contribution in [0.5, 0.6) is 0 Å². The maximum atomic E-state index is 13.2. The van der Waals surface area contributed by atoms with Gasteiger partial charge in [0.2, 0.25) is 0 Å². The lowest BCUT2D eigenvalue weighted by atomic mass is 9.99. The maximum absolute atomic E-state index is 13.2. The Kier molecular flexibility index (Phi) is 5.73. The van der Waals surface area contributed by atoms with Crippen LogP contribution < -0.4 is 5.32 Å². The maximum Gasteiger partial charge on any atom is 0.337 e. The Morgan fingerprint density at radius 3 is 2.66 bits per heavy atom. The minimum atomic E-state index is -0.412. The van der Waals surface area contributed by atoms with Crippen molar-refractivity contribution in [3.05, 3.63) is 82.7 Å². The van der Waals surface area contributed by atoms with Gasteiger partial charge in [-0.15, -0.1) is 0 Å². The zero-order chi connectivity index (χ0) is 22.8. The summed E-state index contributed by atoms with van der Waals surface area (Å²) < 4.78 is 6.48. The van der Waals surface area contributed by atoms with Crippen LogP contribution in [0.25, 0.3) is 22.2 Å². The number of pyridine rings is 1. The van der Waals surface area contributed by atoms with E-state index in [9.17, 15) is 9.59 Å². The van der Waals surface area contributed by atoms with Crippen molar-refractivity contribution in [2.24, 2.45) is 7.05 Å². The molecule has 162 valence electrons. The highest BCUT2D eigenvalue weighted by molar-refractivity contribution is 6.08. The topological polar surface area (TPSA) is 86.1 Å². The highest BCUT2D eigenvalue weighted by atomic mass is 16.5. The molecule has 0 aliphatic heterocycles. The smallest absolute Gasteiger partial charge is 0.337 e. The fourth-order valence-corrected chi connectivity index (χ4v) is 3.62. The van der Waals surface area contributed by atoms with Gasteiger partial charge in [-0.05, 0) is 48.7 Å². The van der Waals surface area contributed by atoms with Crippen LogP contribution in [0.1, 0.15) is 37.4 Å². The summed E-state index contributed by atoms with van der Waals surface area (Å²) in [6, 6.07) is 12.7. The standard InChI is InChI=1S/C25H24N4O3/c1-15-8-9-20-21(11-22(28-23(20)16(15)2)19-13-27-29(3)14-19)24(30)26-12-17-6-5-7-18(10-17)25(31)32-4/h5-11,13-14H,12H2,1-4H3,(H,26,30). The number of aryl methyl sites for hydroxylation is 3. The van der Waals surface area contributed by atoms with Gasteiger partial charge in [-0.3, -0.25) is 9.48 Å². The molecule has 0 unspecified atom stereocenters. The predicted octanol–water partition coefficient (Wildman–Crippen LogP) is 3.97. The number of carbonyl (C=O) groups is 2. The first-order chi connectivity index (χ1) is 15.4. The second kappa shape index (κ2) is 8.63. The van der Waals surface area contributed by atoms with E-state index in [1.807, 2.05) is 45.3 Å². The van der Waals surface area contributed by atoms with Gasteiger partial charge >= 0.3 is 5.97 Å². The van der Waals surface area contributed by atoms with Crippen molar-refractivity contribution >= 4 is 22.8 Å². The van der Waals surface area contributed by atoms with Crippen molar-refractivity contribution in [3.8, 4) is 11.3 Å². The molecule has 0 aliphatic rings. The van der Waals surface area contributed by atoms with E-state index in [-0.39, 0.29) is 12.5 Å². The first-order valence-corrected chi connectivity index (χ1v) is 10.2. The number of hydrogen-bond donors (Lipinski definition) is 1. The third-order valence-electron chi connectivity index (χ3n) is 5.55. The van der Waals surface area contributed by atoms with Gasteiger partial charge in [-0.2, -0.15) is 5.10 Å². The molecule has 0 saturated carbocycles. The molecule has 32 heavy (non-hydrogen) atoms. The molecule has 2 heterocycles. The number of aromatic nitrogens is 3. The van der Waals surface area contributed by atoms with Crippen molar-refractivity contribution < 1.29 is 14.3 Å². The van der Waals surface area contributed by atoms with E-state index in [0.29, 0.717) is 16.8 Å². The molecule has 2 aromatic heterocycles. The average molecular weight is 428 g/mol. The van der Waals surface area contributed by atoms with Gasteiger partial charge in [0.05, 0.1) is 35.6 Å². The number of rotatable bonds is 5. The molecule has 0 saturated heterocycles. The lowest BCUT2D eigenvalue weighted by molar-refractivity contribution is 0.0600. The average Bonchev–Trinajstić information content (AvgIpc) is 3.25. The Morgan fingerprint density at radius 1 is 1.12 bits per heavy atom. The van der Waals surface area contributed by atoms with E-state index in [1.165, 1.54) is 7.11 Å². The number of fused-ring (bicyclic) bond motifs is 1. The fraction of sp³-hybridized carbons (Fsp3) is 0.200. The first kappa shape index (κ1) is 21.2. The molecule has 7 nitrogen and oxygen atoms in total. The highest BCUT2D eigenvalue weighted by Crippen LogP contribution is 2.28. The van der Waals surface area contributed by atoms with Crippen LogP contribution in [0.15, 0.2) is 54.9 Å². The van der Waals surface area contributed by atoms with Gasteiger partial charge in [0.15, 0.2) is 0 Å². The minimum Gasteiger partial charge on any atom is -0.465 e. The Morgan fingerprint density at radius 2 is 1.94 bits per heavy atom. The Labute approximate surface area is 186 Å². The fourth-order valence-electron chi connectivity index (χ4n) is 3.62. The summed E-state index contributed by atoms with van der Waals surface area (Å²) in [6.07, 6.45) is 3.61. The van der Waals surface area contributed by atoms with E-state index in [1.54, 1.807) is 35.1 Å². The van der Waals surface area contributed by atoms with Gasteiger partial charge in [0.25, 0.3) is 5.91 Å². The second-order valence-corrected chi connectivity index (χ2v) is 7.74. The minimum absolute atomic E-state index is 0.214. The van der Waals surface area contributed by atoms with Crippen LogP contribution in [0.2, 0.25) is 0 Å². The van der Waals surface area contributed by atoms with E-state index in [2.05, 4.69) is 10.4 Å². The molecule has 2 aromatic carbocycles. The summed E-state index contributed by atoms with van der Waals surface area (Å²) in [5.74, 6) is -0.625. The zero-order valence-electron chi connectivity index (χ0n) is 18.5. The molecule has 0 bridgehead atoms. The lowest BCUT2D eigenvalue weighted by Gasteiger charge is -2.13. The van der Waals surface area contributed by atoms with Gasteiger partial charge in [-0.1, -0.05) is 24.3 Å². The van der Waals surface area contributed by atoms with Crippen LogP contribution in [0.4, 0.5) is 0 Å². The number of carbonyl (C=O) groups excluding carboxylic acids is 2. The summed E-state index contributed by atoms with van der Waals surface area (Å²) in [5.41, 5.74) is 6.27. The van der Waals surface area contributed by atoms with Crippen LogP contribution in [0.3, 0.4) is 0 Å². The van der Waals surface area contributed by atoms with Crippen molar-refractivity contribution in [2.45, 2.75) is 20.4 Å². The summed E-state index contributed by atoms with van der Waals surface area (Å²) >= 11 is 0. The number of amides is 1. The number of benzene rings is 2. The van der Waals surface area contributed by atoms with Crippen molar-refractivity contribution in [2.75, 3.05) is 7.11 Å². The van der Waals surface area contributed by atoms with Crippen molar-refractivity contribution in [1.29, 1.82) is 0 Å². The van der Waals surface area contributed by atoms with Crippen molar-refractivity contribution in [3.63, 3.8) is 0 Å². The Bertz CT molecular complexity index is 1340. The largest absolute Gasteiger partial charge is 0.465 e. The summed E-state index contributed by atoms with van der Waals surface area (Å²) in [7, 11) is 3.19. The van der Waals surface area contributed by atoms with E-state index < -0.39 is 5.97 Å². The molecule has 1 N–H and O–H groups in total. The van der Waals surface area contributed by atoms with E-state index >= 15 is 0 Å². The highest BCUT2D eigenvalue weighted by Gasteiger charge is 2.17. The number of nitrogens with zero attached hydrogens (tertiary/aromatic N) is 3. The second-order valence-electron chi connectivity index (χ2n) is 7.74. The molecule has 0 spiro atoms. The Hall–Kier alpha value is -4.00. The van der Waals surface area contributed by atoms with Crippen molar-refractivity contribution in [1.82, 2.24) is 20.1 Å². The molecular formula is C25H24N4O3. The predicted molar refractivity (Wildman–Crippen MR) is 122 cm³/mol. The third-order valence-corrected chi connectivity index (χ3v) is 5.55. The molecule has 0 atom stereocenters. The SMILES string of the molecule is COC(=O)c1cccc(CNC(=O)c2cc(-c3cnn(C)c3)nc3c(C)c(C)ccc23)c1. The summed E-state index contributed by atoms with van der Waals surface area (Å²) in [4.78, 5) is 29.9. The molecule has 0 fully saturated rings. The van der Waals surface area contributed by atoms with Gasteiger partial charge in [0.1, 0.15) is 0 Å². The number of hydrogen-bond acceptors (Lipinski definition) is 5. The van der Waals surface area contributed by atoms with E-state index in [0.717, 1.165) is 33.2 Å². The van der Waals surface area contributed by atoms with Crippen LogP contribution >= 0.6 is 0 Å². The van der Waals surface area contributed by atoms with Gasteiger partial charge < -0.3 is 10.1 Å². The molecule has 0 radical (unpaired) electrons. The lowest BCUT2D eigenvalue weighted by Crippen LogP contribution is -2.23. The zero-order valence-corrected chi connectivity index (χ0v) is 18.5. The van der Waals surface area contributed by atoms with Gasteiger partial charge in [-0.25, -0.2) is 9.78 Å². The molecular weight excluding hydrogens is 404 g/mol. The van der Waals surface area contributed by atoms with Crippen LogP contribution in [-0.2, 0) is 18.3 Å². The third kappa shape index (κ3) is 4.09. The molecule has 4 aromatic rings. The molecule has 1 amide bonds.